The molecule has 0 saturated carbocycles. The van der Waals surface area contributed by atoms with Crippen LogP contribution in [0.1, 0.15) is 20.8 Å². The van der Waals surface area contributed by atoms with Crippen molar-refractivity contribution in [2.24, 2.45) is 0 Å². The summed E-state index contributed by atoms with van der Waals surface area (Å²) in [6.45, 7) is 0.147. The Morgan fingerprint density at radius 1 is 1.20 bits per heavy atom. The van der Waals surface area contributed by atoms with Crippen molar-refractivity contribution < 1.29 is 18.0 Å². The van der Waals surface area contributed by atoms with Crippen LogP contribution in [0.5, 0.6) is 0 Å². The van der Waals surface area contributed by atoms with E-state index in [0.717, 1.165) is 12.1 Å². The van der Waals surface area contributed by atoms with Gasteiger partial charge >= 0.3 is 6.18 Å². The fraction of sp³-hybridized carbons (Fsp3) is 0.154. The second-order valence-corrected chi connectivity index (χ2v) is 5.00. The van der Waals surface area contributed by atoms with Gasteiger partial charge in [0, 0.05) is 6.54 Å². The van der Waals surface area contributed by atoms with E-state index in [1.165, 1.54) is 23.5 Å². The van der Waals surface area contributed by atoms with Crippen LogP contribution in [0.25, 0.3) is 0 Å². The lowest BCUT2D eigenvalue weighted by Gasteiger charge is -2.08. The fourth-order valence-corrected chi connectivity index (χ4v) is 2.31. The predicted octanol–water partition coefficient (Wildman–Crippen LogP) is 3.28. The van der Waals surface area contributed by atoms with Crippen molar-refractivity contribution in [3.05, 3.63) is 51.7 Å². The minimum absolute atomic E-state index is 0.147. The molecule has 1 aromatic carbocycles. The first-order valence-corrected chi connectivity index (χ1v) is 6.53. The van der Waals surface area contributed by atoms with Crippen molar-refractivity contribution in [1.82, 2.24) is 5.32 Å². The van der Waals surface area contributed by atoms with Crippen LogP contribution in [0.15, 0.2) is 35.7 Å². The lowest BCUT2D eigenvalue weighted by atomic mass is 10.1. The average Bonchev–Trinajstić information content (AvgIpc) is 2.82. The van der Waals surface area contributed by atoms with Crippen LogP contribution < -0.4 is 11.1 Å². The zero-order valence-corrected chi connectivity index (χ0v) is 11.0. The van der Waals surface area contributed by atoms with Crippen LogP contribution in [0.2, 0.25) is 0 Å². The summed E-state index contributed by atoms with van der Waals surface area (Å²) in [4.78, 5) is 12.2. The van der Waals surface area contributed by atoms with E-state index in [9.17, 15) is 18.0 Å². The number of nitrogens with one attached hydrogen (secondary N) is 1. The largest absolute Gasteiger partial charge is 0.416 e. The van der Waals surface area contributed by atoms with E-state index in [4.69, 9.17) is 5.73 Å². The third-order valence-corrected chi connectivity index (χ3v) is 3.57. The summed E-state index contributed by atoms with van der Waals surface area (Å²) in [5.74, 6) is -0.336. The van der Waals surface area contributed by atoms with Crippen LogP contribution in [-0.2, 0) is 12.7 Å². The van der Waals surface area contributed by atoms with Crippen molar-refractivity contribution in [3.63, 3.8) is 0 Å². The van der Waals surface area contributed by atoms with Crippen molar-refractivity contribution in [2.75, 3.05) is 5.73 Å². The smallest absolute Gasteiger partial charge is 0.397 e. The number of hydrogen-bond acceptors (Lipinski definition) is 3. The molecule has 0 aliphatic rings. The van der Waals surface area contributed by atoms with Crippen LogP contribution in [0, 0.1) is 0 Å². The summed E-state index contributed by atoms with van der Waals surface area (Å²) in [6, 6.07) is 6.27. The number of amides is 1. The lowest BCUT2D eigenvalue weighted by molar-refractivity contribution is -0.137. The third kappa shape index (κ3) is 3.30. The van der Waals surface area contributed by atoms with E-state index in [0.29, 0.717) is 16.1 Å². The zero-order valence-electron chi connectivity index (χ0n) is 10.2. The van der Waals surface area contributed by atoms with Crippen molar-refractivity contribution in [3.8, 4) is 0 Å². The molecule has 2 aromatic rings. The Kier molecular flexibility index (Phi) is 3.99. The molecule has 0 fully saturated rings. The van der Waals surface area contributed by atoms with Crippen LogP contribution >= 0.6 is 11.3 Å². The minimum Gasteiger partial charge on any atom is -0.397 e. The molecule has 0 atom stereocenters. The number of thiophene rings is 1. The van der Waals surface area contributed by atoms with Crippen molar-refractivity contribution in [1.29, 1.82) is 0 Å². The van der Waals surface area contributed by atoms with E-state index in [1.807, 2.05) is 0 Å². The Balaban J connectivity index is 1.98. The predicted molar refractivity (Wildman–Crippen MR) is 71.3 cm³/mol. The molecule has 3 N–H and O–H groups in total. The molecule has 7 heteroatoms. The molecule has 0 spiro atoms. The Labute approximate surface area is 117 Å². The first kappa shape index (κ1) is 14.4. The molecule has 2 rings (SSSR count). The normalized spacial score (nSPS) is 11.3. The lowest BCUT2D eigenvalue weighted by Crippen LogP contribution is -2.22. The van der Waals surface area contributed by atoms with Gasteiger partial charge in [0.2, 0.25) is 0 Å². The summed E-state index contributed by atoms with van der Waals surface area (Å²) >= 11 is 1.21. The van der Waals surface area contributed by atoms with Gasteiger partial charge in [-0.2, -0.15) is 13.2 Å². The highest BCUT2D eigenvalue weighted by Crippen LogP contribution is 2.29. The molecule has 20 heavy (non-hydrogen) atoms. The van der Waals surface area contributed by atoms with Gasteiger partial charge in [-0.05, 0) is 29.1 Å². The molecule has 0 saturated heterocycles. The Morgan fingerprint density at radius 3 is 2.35 bits per heavy atom. The van der Waals surface area contributed by atoms with Gasteiger partial charge in [0.15, 0.2) is 0 Å². The molecular formula is C13H11F3N2OS. The van der Waals surface area contributed by atoms with Gasteiger partial charge in [-0.1, -0.05) is 12.1 Å². The third-order valence-electron chi connectivity index (χ3n) is 2.64. The second kappa shape index (κ2) is 5.54. The van der Waals surface area contributed by atoms with Gasteiger partial charge in [-0.3, -0.25) is 4.79 Å². The molecule has 106 valence electrons. The topological polar surface area (TPSA) is 55.1 Å². The number of benzene rings is 1. The van der Waals surface area contributed by atoms with Gasteiger partial charge in [-0.25, -0.2) is 0 Å². The number of hydrogen-bond donors (Lipinski definition) is 2. The Morgan fingerprint density at radius 2 is 1.85 bits per heavy atom. The maximum absolute atomic E-state index is 12.4. The number of nitrogen functional groups attached to an aromatic ring is 1. The first-order valence-electron chi connectivity index (χ1n) is 5.65. The number of carbonyl (C=O) groups excluding carboxylic acids is 1. The summed E-state index contributed by atoms with van der Waals surface area (Å²) in [6.07, 6.45) is -4.35. The molecule has 0 radical (unpaired) electrons. The highest BCUT2D eigenvalue weighted by molar-refractivity contribution is 7.12. The molecule has 0 bridgehead atoms. The summed E-state index contributed by atoms with van der Waals surface area (Å²) in [5.41, 5.74) is 5.86. The molecule has 1 amide bonds. The molecule has 0 aliphatic heterocycles. The number of halogens is 3. The molecular weight excluding hydrogens is 289 g/mol. The monoisotopic (exact) mass is 300 g/mol. The Hall–Kier alpha value is -2.02. The van der Waals surface area contributed by atoms with Crippen LogP contribution in [-0.4, -0.2) is 5.91 Å². The maximum atomic E-state index is 12.4. The SMILES string of the molecule is Nc1ccsc1C(=O)NCc1ccc(C(F)(F)F)cc1. The summed E-state index contributed by atoms with van der Waals surface area (Å²) in [5, 5.41) is 4.31. The highest BCUT2D eigenvalue weighted by Gasteiger charge is 2.29. The van der Waals surface area contributed by atoms with E-state index < -0.39 is 11.7 Å². The van der Waals surface area contributed by atoms with Gasteiger partial charge in [0.1, 0.15) is 4.88 Å². The van der Waals surface area contributed by atoms with Gasteiger partial charge in [0.05, 0.1) is 11.3 Å². The summed E-state index contributed by atoms with van der Waals surface area (Å²) < 4.78 is 37.1. The fourth-order valence-electron chi connectivity index (χ4n) is 1.58. The highest BCUT2D eigenvalue weighted by atomic mass is 32.1. The van der Waals surface area contributed by atoms with Crippen molar-refractivity contribution in [2.45, 2.75) is 12.7 Å². The van der Waals surface area contributed by atoms with Gasteiger partial charge in [-0.15, -0.1) is 11.3 Å². The average molecular weight is 300 g/mol. The van der Waals surface area contributed by atoms with Crippen molar-refractivity contribution >= 4 is 22.9 Å². The van der Waals surface area contributed by atoms with E-state index >= 15 is 0 Å². The van der Waals surface area contributed by atoms with Gasteiger partial charge < -0.3 is 11.1 Å². The van der Waals surface area contributed by atoms with E-state index in [2.05, 4.69) is 5.32 Å². The van der Waals surface area contributed by atoms with E-state index in [1.54, 1.807) is 11.4 Å². The molecule has 1 heterocycles. The molecule has 0 aliphatic carbocycles. The number of carbonyl (C=O) groups is 1. The summed E-state index contributed by atoms with van der Waals surface area (Å²) in [7, 11) is 0. The van der Waals surface area contributed by atoms with Gasteiger partial charge in [0.25, 0.3) is 5.91 Å². The first-order chi connectivity index (χ1) is 9.38. The van der Waals surface area contributed by atoms with E-state index in [-0.39, 0.29) is 12.5 Å². The number of anilines is 1. The zero-order chi connectivity index (χ0) is 14.8. The molecule has 0 unspecified atom stereocenters. The number of nitrogens with two attached hydrogens (primary N) is 1. The standard InChI is InChI=1S/C13H11F3N2OS/c14-13(15,16)9-3-1-8(2-4-9)7-18-12(19)11-10(17)5-6-20-11/h1-6H,7,17H2,(H,18,19). The molecule has 1 aromatic heterocycles. The number of rotatable bonds is 3. The van der Waals surface area contributed by atoms with Crippen LogP contribution in [0.4, 0.5) is 18.9 Å². The maximum Gasteiger partial charge on any atom is 0.416 e. The number of alkyl halides is 3. The minimum atomic E-state index is -4.35. The molecule has 3 nitrogen and oxygen atoms in total. The quantitative estimate of drug-likeness (QED) is 0.914. The second-order valence-electron chi connectivity index (χ2n) is 4.08. The Bertz CT molecular complexity index is 605. The van der Waals surface area contributed by atoms with Crippen LogP contribution in [0.3, 0.4) is 0 Å².